The van der Waals surface area contributed by atoms with Crippen LogP contribution in [0.1, 0.15) is 12.5 Å². The zero-order valence-electron chi connectivity index (χ0n) is 8.90. The van der Waals surface area contributed by atoms with Crippen LogP contribution in [0.25, 0.3) is 6.08 Å². The summed E-state index contributed by atoms with van der Waals surface area (Å²) in [5.74, 6) is 0.449. The molecule has 0 aliphatic carbocycles. The number of fused-ring (bicyclic) bond motifs is 1. The van der Waals surface area contributed by atoms with Crippen molar-refractivity contribution in [3.05, 3.63) is 29.3 Å². The van der Waals surface area contributed by atoms with E-state index < -0.39 is 5.97 Å². The number of carboxylic acids is 1. The average Bonchev–Trinajstić information content (AvgIpc) is 2.28. The fourth-order valence-electron chi connectivity index (χ4n) is 1.46. The molecule has 1 heterocycles. The third-order valence-electron chi connectivity index (χ3n) is 2.29. The van der Waals surface area contributed by atoms with Crippen LogP contribution >= 0.6 is 0 Å². The molecule has 0 saturated carbocycles. The molecular weight excluding hydrogens is 208 g/mol. The first-order valence-electron chi connectivity index (χ1n) is 4.98. The molecular formula is C12H12O4. The highest BCUT2D eigenvalue weighted by atomic mass is 16.6. The van der Waals surface area contributed by atoms with Crippen LogP contribution in [0.5, 0.6) is 11.5 Å². The summed E-state index contributed by atoms with van der Waals surface area (Å²) in [5, 5.41) is 8.76. The third kappa shape index (κ3) is 2.16. The number of rotatable bonds is 2. The highest BCUT2D eigenvalue weighted by Crippen LogP contribution is 2.31. The molecule has 0 fully saturated rings. The molecule has 0 aromatic heterocycles. The van der Waals surface area contributed by atoms with E-state index in [1.807, 2.05) is 0 Å². The molecule has 0 spiro atoms. The number of carboxylic acid groups (broad SMARTS) is 1. The Morgan fingerprint density at radius 1 is 1.31 bits per heavy atom. The van der Waals surface area contributed by atoms with Gasteiger partial charge in [0.05, 0.1) is 0 Å². The second kappa shape index (κ2) is 4.26. The summed E-state index contributed by atoms with van der Waals surface area (Å²) < 4.78 is 10.8. The van der Waals surface area contributed by atoms with Gasteiger partial charge in [0.2, 0.25) is 0 Å². The molecule has 1 aliphatic rings. The summed E-state index contributed by atoms with van der Waals surface area (Å²) >= 11 is 0. The minimum absolute atomic E-state index is 0.289. The van der Waals surface area contributed by atoms with E-state index in [0.717, 1.165) is 5.56 Å². The summed E-state index contributed by atoms with van der Waals surface area (Å²) in [6.45, 7) is 2.63. The summed E-state index contributed by atoms with van der Waals surface area (Å²) in [5.41, 5.74) is 1.08. The predicted molar refractivity (Wildman–Crippen MR) is 58.7 cm³/mol. The Hall–Kier alpha value is -1.97. The number of hydrogen-bond donors (Lipinski definition) is 1. The van der Waals surface area contributed by atoms with E-state index in [-0.39, 0.29) is 5.57 Å². The van der Waals surface area contributed by atoms with Crippen LogP contribution in [0.2, 0.25) is 0 Å². The van der Waals surface area contributed by atoms with Gasteiger partial charge in [-0.2, -0.15) is 0 Å². The van der Waals surface area contributed by atoms with Gasteiger partial charge in [0.1, 0.15) is 13.2 Å². The lowest BCUT2D eigenvalue weighted by molar-refractivity contribution is -0.132. The zero-order valence-corrected chi connectivity index (χ0v) is 8.90. The Bertz CT molecular complexity index is 448. The fraction of sp³-hybridized carbons (Fsp3) is 0.250. The van der Waals surface area contributed by atoms with Gasteiger partial charge < -0.3 is 14.6 Å². The Balaban J connectivity index is 2.30. The summed E-state index contributed by atoms with van der Waals surface area (Å²) in [6, 6.07) is 5.37. The van der Waals surface area contributed by atoms with Crippen molar-refractivity contribution in [2.24, 2.45) is 0 Å². The topological polar surface area (TPSA) is 55.8 Å². The predicted octanol–water partition coefficient (Wildman–Crippen LogP) is 1.95. The zero-order chi connectivity index (χ0) is 11.5. The van der Waals surface area contributed by atoms with E-state index in [1.165, 1.54) is 0 Å². The monoisotopic (exact) mass is 220 g/mol. The first-order chi connectivity index (χ1) is 7.66. The van der Waals surface area contributed by atoms with E-state index in [1.54, 1.807) is 31.2 Å². The van der Waals surface area contributed by atoms with E-state index >= 15 is 0 Å². The molecule has 0 saturated heterocycles. The van der Waals surface area contributed by atoms with E-state index in [4.69, 9.17) is 14.6 Å². The lowest BCUT2D eigenvalue weighted by atomic mass is 10.1. The van der Waals surface area contributed by atoms with Crippen molar-refractivity contribution in [2.75, 3.05) is 13.2 Å². The molecule has 1 aromatic carbocycles. The number of hydrogen-bond acceptors (Lipinski definition) is 3. The van der Waals surface area contributed by atoms with Gasteiger partial charge in [0.15, 0.2) is 11.5 Å². The van der Waals surface area contributed by atoms with Gasteiger partial charge in [-0.05, 0) is 30.7 Å². The number of aliphatic carboxylic acids is 1. The molecule has 4 nitrogen and oxygen atoms in total. The van der Waals surface area contributed by atoms with E-state index in [0.29, 0.717) is 24.7 Å². The van der Waals surface area contributed by atoms with Crippen molar-refractivity contribution in [3.8, 4) is 11.5 Å². The Morgan fingerprint density at radius 2 is 2.00 bits per heavy atom. The van der Waals surface area contributed by atoms with Crippen LogP contribution in [0, 0.1) is 0 Å². The lowest BCUT2D eigenvalue weighted by Gasteiger charge is -2.18. The maximum absolute atomic E-state index is 10.7. The summed E-state index contributed by atoms with van der Waals surface area (Å²) in [6.07, 6.45) is 1.60. The van der Waals surface area contributed by atoms with Crippen molar-refractivity contribution in [3.63, 3.8) is 0 Å². The molecule has 84 valence electrons. The normalized spacial score (nSPS) is 14.7. The van der Waals surface area contributed by atoms with Crippen LogP contribution in [0.3, 0.4) is 0 Å². The lowest BCUT2D eigenvalue weighted by Crippen LogP contribution is -2.15. The third-order valence-corrected chi connectivity index (χ3v) is 2.29. The number of carbonyl (C=O) groups is 1. The molecule has 4 heteroatoms. The van der Waals surface area contributed by atoms with Crippen LogP contribution < -0.4 is 9.47 Å². The van der Waals surface area contributed by atoms with Crippen molar-refractivity contribution in [1.29, 1.82) is 0 Å². The van der Waals surface area contributed by atoms with Crippen molar-refractivity contribution >= 4 is 12.0 Å². The van der Waals surface area contributed by atoms with Crippen LogP contribution in [-0.4, -0.2) is 24.3 Å². The molecule has 0 amide bonds. The first kappa shape index (κ1) is 10.5. The van der Waals surface area contributed by atoms with Crippen LogP contribution in [0.4, 0.5) is 0 Å². The highest BCUT2D eigenvalue weighted by Gasteiger charge is 2.11. The quantitative estimate of drug-likeness (QED) is 0.774. The standard InChI is InChI=1S/C12H12O4/c1-8(12(13)14)6-9-2-3-10-11(7-9)16-5-4-15-10/h2-3,6-7H,4-5H2,1H3,(H,13,14)/b8-6+. The molecule has 1 aliphatic heterocycles. The molecule has 1 N–H and O–H groups in total. The second-order valence-electron chi connectivity index (χ2n) is 3.54. The maximum atomic E-state index is 10.7. The molecule has 2 rings (SSSR count). The van der Waals surface area contributed by atoms with Gasteiger partial charge in [0, 0.05) is 5.57 Å². The number of ether oxygens (including phenoxy) is 2. The van der Waals surface area contributed by atoms with Crippen molar-refractivity contribution in [1.82, 2.24) is 0 Å². The van der Waals surface area contributed by atoms with E-state index in [9.17, 15) is 4.79 Å². The van der Waals surface area contributed by atoms with Gasteiger partial charge in [-0.1, -0.05) is 6.07 Å². The summed E-state index contributed by atoms with van der Waals surface area (Å²) in [7, 11) is 0. The molecule has 0 unspecified atom stereocenters. The highest BCUT2D eigenvalue weighted by molar-refractivity contribution is 5.91. The second-order valence-corrected chi connectivity index (χ2v) is 3.54. The van der Waals surface area contributed by atoms with Crippen molar-refractivity contribution < 1.29 is 19.4 Å². The molecule has 0 atom stereocenters. The van der Waals surface area contributed by atoms with Crippen LogP contribution in [-0.2, 0) is 4.79 Å². The Labute approximate surface area is 93.1 Å². The molecule has 1 aromatic rings. The van der Waals surface area contributed by atoms with Gasteiger partial charge in [-0.25, -0.2) is 4.79 Å². The largest absolute Gasteiger partial charge is 0.486 e. The molecule has 16 heavy (non-hydrogen) atoms. The van der Waals surface area contributed by atoms with Crippen LogP contribution in [0.15, 0.2) is 23.8 Å². The summed E-state index contributed by atoms with van der Waals surface area (Å²) in [4.78, 5) is 10.7. The van der Waals surface area contributed by atoms with Gasteiger partial charge in [0.25, 0.3) is 0 Å². The molecule has 0 bridgehead atoms. The Kier molecular flexibility index (Phi) is 2.81. The smallest absolute Gasteiger partial charge is 0.331 e. The average molecular weight is 220 g/mol. The van der Waals surface area contributed by atoms with Crippen molar-refractivity contribution in [2.45, 2.75) is 6.92 Å². The minimum Gasteiger partial charge on any atom is -0.486 e. The number of benzene rings is 1. The van der Waals surface area contributed by atoms with Gasteiger partial charge >= 0.3 is 5.97 Å². The first-order valence-corrected chi connectivity index (χ1v) is 4.98. The SMILES string of the molecule is C/C(=C\c1ccc2c(c1)OCCO2)C(=O)O. The Morgan fingerprint density at radius 3 is 2.69 bits per heavy atom. The minimum atomic E-state index is -0.921. The van der Waals surface area contributed by atoms with Gasteiger partial charge in [-0.15, -0.1) is 0 Å². The maximum Gasteiger partial charge on any atom is 0.331 e. The molecule has 0 radical (unpaired) electrons. The van der Waals surface area contributed by atoms with E-state index in [2.05, 4.69) is 0 Å². The fourth-order valence-corrected chi connectivity index (χ4v) is 1.46. The van der Waals surface area contributed by atoms with Gasteiger partial charge in [-0.3, -0.25) is 0 Å².